The van der Waals surface area contributed by atoms with E-state index in [1.807, 2.05) is 36.4 Å². The maximum Gasteiger partial charge on any atom is 0.266 e. The van der Waals surface area contributed by atoms with Crippen molar-refractivity contribution in [1.82, 2.24) is 0 Å². The highest BCUT2D eigenvalue weighted by Gasteiger charge is 2.17. The molecule has 1 aliphatic heterocycles. The van der Waals surface area contributed by atoms with Gasteiger partial charge in [-0.15, -0.1) is 0 Å². The van der Waals surface area contributed by atoms with Gasteiger partial charge in [0.1, 0.15) is 18.2 Å². The molecule has 0 atom stereocenters. The number of nitrogens with one attached hydrogen (secondary N) is 1. The summed E-state index contributed by atoms with van der Waals surface area (Å²) in [5, 5.41) is 12.3. The number of para-hydroxylation sites is 1. The predicted octanol–water partition coefficient (Wildman–Crippen LogP) is 4.55. The first kappa shape index (κ1) is 20.8. The lowest BCUT2D eigenvalue weighted by atomic mass is 10.1. The number of fused-ring (bicyclic) bond motifs is 1. The molecule has 0 spiro atoms. The van der Waals surface area contributed by atoms with E-state index in [1.54, 1.807) is 36.4 Å². The predicted molar refractivity (Wildman–Crippen MR) is 119 cm³/mol. The standard InChI is InChI=1S/C25H20N2O5/c1-29-22-9-5-8-18(24(22)30-15-17-6-3-2-4-7-17)12-19(14-26)25(28)27-20-10-11-21-23(13-20)32-16-31-21/h2-13H,15-16H2,1H3,(H,27,28). The highest BCUT2D eigenvalue weighted by molar-refractivity contribution is 6.10. The number of nitrogens with zero attached hydrogens (tertiary/aromatic N) is 1. The van der Waals surface area contributed by atoms with Gasteiger partial charge in [0.25, 0.3) is 5.91 Å². The third-order valence-electron chi connectivity index (χ3n) is 4.75. The van der Waals surface area contributed by atoms with Crippen molar-refractivity contribution in [1.29, 1.82) is 5.26 Å². The summed E-state index contributed by atoms with van der Waals surface area (Å²) < 4.78 is 22.0. The Labute approximate surface area is 185 Å². The van der Waals surface area contributed by atoms with Crippen molar-refractivity contribution < 1.29 is 23.7 Å². The van der Waals surface area contributed by atoms with Crippen molar-refractivity contribution in [3.05, 3.63) is 83.4 Å². The molecule has 0 aromatic heterocycles. The molecule has 32 heavy (non-hydrogen) atoms. The molecule has 1 N–H and O–H groups in total. The molecule has 0 aliphatic carbocycles. The lowest BCUT2D eigenvalue weighted by Crippen LogP contribution is -2.13. The summed E-state index contributed by atoms with van der Waals surface area (Å²) >= 11 is 0. The van der Waals surface area contributed by atoms with Gasteiger partial charge in [-0.05, 0) is 29.8 Å². The van der Waals surface area contributed by atoms with Gasteiger partial charge in [0.05, 0.1) is 7.11 Å². The van der Waals surface area contributed by atoms with Crippen LogP contribution in [-0.2, 0) is 11.4 Å². The van der Waals surface area contributed by atoms with E-state index < -0.39 is 5.91 Å². The van der Waals surface area contributed by atoms with Crippen molar-refractivity contribution in [3.63, 3.8) is 0 Å². The van der Waals surface area contributed by atoms with Crippen LogP contribution in [0, 0.1) is 11.3 Å². The molecule has 0 unspecified atom stereocenters. The topological polar surface area (TPSA) is 89.8 Å². The van der Waals surface area contributed by atoms with Crippen molar-refractivity contribution >= 4 is 17.7 Å². The number of rotatable bonds is 7. The second-order valence-electron chi connectivity index (χ2n) is 6.84. The van der Waals surface area contributed by atoms with Gasteiger partial charge < -0.3 is 24.3 Å². The minimum atomic E-state index is -0.553. The minimum absolute atomic E-state index is 0.0829. The summed E-state index contributed by atoms with van der Waals surface area (Å²) in [6.45, 7) is 0.449. The molecular weight excluding hydrogens is 408 g/mol. The van der Waals surface area contributed by atoms with Crippen LogP contribution in [0.4, 0.5) is 5.69 Å². The SMILES string of the molecule is COc1cccc(C=C(C#N)C(=O)Nc2ccc3c(c2)OCO3)c1OCc1ccccc1. The molecule has 0 radical (unpaired) electrons. The highest BCUT2D eigenvalue weighted by Crippen LogP contribution is 2.35. The zero-order chi connectivity index (χ0) is 22.3. The lowest BCUT2D eigenvalue weighted by Gasteiger charge is -2.14. The third-order valence-corrected chi connectivity index (χ3v) is 4.75. The Kier molecular flexibility index (Phi) is 6.23. The van der Waals surface area contributed by atoms with Crippen LogP contribution in [0.15, 0.2) is 72.3 Å². The molecule has 1 amide bonds. The van der Waals surface area contributed by atoms with E-state index in [0.717, 1.165) is 5.56 Å². The fourth-order valence-corrected chi connectivity index (χ4v) is 3.17. The van der Waals surface area contributed by atoms with Crippen LogP contribution >= 0.6 is 0 Å². The molecule has 3 aromatic rings. The summed E-state index contributed by atoms with van der Waals surface area (Å²) in [6.07, 6.45) is 1.48. The van der Waals surface area contributed by atoms with Crippen LogP contribution < -0.4 is 24.3 Å². The number of amides is 1. The van der Waals surface area contributed by atoms with Crippen LogP contribution in [0.5, 0.6) is 23.0 Å². The molecule has 0 fully saturated rings. The summed E-state index contributed by atoms with van der Waals surface area (Å²) in [7, 11) is 1.54. The maximum atomic E-state index is 12.7. The highest BCUT2D eigenvalue weighted by atomic mass is 16.7. The van der Waals surface area contributed by atoms with Crippen molar-refractivity contribution in [2.45, 2.75) is 6.61 Å². The van der Waals surface area contributed by atoms with Gasteiger partial charge in [0, 0.05) is 17.3 Å². The summed E-state index contributed by atoms with van der Waals surface area (Å²) in [6, 6.07) is 22.0. The number of benzene rings is 3. The van der Waals surface area contributed by atoms with Gasteiger partial charge in [0.2, 0.25) is 6.79 Å². The average Bonchev–Trinajstić information content (AvgIpc) is 3.30. The molecule has 0 saturated heterocycles. The molecular formula is C25H20N2O5. The molecule has 1 heterocycles. The Morgan fingerprint density at radius 3 is 2.69 bits per heavy atom. The zero-order valence-electron chi connectivity index (χ0n) is 17.3. The quantitative estimate of drug-likeness (QED) is 0.439. The van der Waals surface area contributed by atoms with E-state index in [1.165, 1.54) is 13.2 Å². The van der Waals surface area contributed by atoms with Crippen LogP contribution in [0.1, 0.15) is 11.1 Å². The molecule has 4 rings (SSSR count). The first-order valence-electron chi connectivity index (χ1n) is 9.84. The van der Waals surface area contributed by atoms with E-state index in [9.17, 15) is 10.1 Å². The molecule has 1 aliphatic rings. The van der Waals surface area contributed by atoms with Crippen molar-refractivity contribution in [2.24, 2.45) is 0 Å². The fourth-order valence-electron chi connectivity index (χ4n) is 3.17. The summed E-state index contributed by atoms with van der Waals surface area (Å²) in [4.78, 5) is 12.7. The Bertz CT molecular complexity index is 1200. The number of ether oxygens (including phenoxy) is 4. The van der Waals surface area contributed by atoms with Gasteiger partial charge in [0.15, 0.2) is 23.0 Å². The zero-order valence-corrected chi connectivity index (χ0v) is 17.3. The molecule has 0 bridgehead atoms. The van der Waals surface area contributed by atoms with Crippen molar-refractivity contribution in [2.75, 3.05) is 19.2 Å². The van der Waals surface area contributed by atoms with Gasteiger partial charge in [-0.2, -0.15) is 5.26 Å². The number of methoxy groups -OCH3 is 1. The Balaban J connectivity index is 1.57. The number of hydrogen-bond acceptors (Lipinski definition) is 6. The van der Waals surface area contributed by atoms with E-state index in [-0.39, 0.29) is 12.4 Å². The van der Waals surface area contributed by atoms with E-state index in [0.29, 0.717) is 40.9 Å². The Morgan fingerprint density at radius 1 is 1.09 bits per heavy atom. The van der Waals surface area contributed by atoms with Gasteiger partial charge in [-0.3, -0.25) is 4.79 Å². The van der Waals surface area contributed by atoms with Gasteiger partial charge >= 0.3 is 0 Å². The second-order valence-corrected chi connectivity index (χ2v) is 6.84. The first-order valence-corrected chi connectivity index (χ1v) is 9.84. The van der Waals surface area contributed by atoms with Gasteiger partial charge in [-0.25, -0.2) is 0 Å². The van der Waals surface area contributed by atoms with E-state index in [2.05, 4.69) is 5.32 Å². The lowest BCUT2D eigenvalue weighted by molar-refractivity contribution is -0.112. The van der Waals surface area contributed by atoms with Crippen molar-refractivity contribution in [3.8, 4) is 29.1 Å². The summed E-state index contributed by atoms with van der Waals surface area (Å²) in [5.74, 6) is 1.54. The number of hydrogen-bond donors (Lipinski definition) is 1. The monoisotopic (exact) mass is 428 g/mol. The second kappa shape index (κ2) is 9.58. The third kappa shape index (κ3) is 4.65. The molecule has 160 valence electrons. The average molecular weight is 428 g/mol. The smallest absolute Gasteiger partial charge is 0.266 e. The van der Waals surface area contributed by atoms with Gasteiger partial charge in [-0.1, -0.05) is 42.5 Å². The number of carbonyl (C=O) groups is 1. The van der Waals surface area contributed by atoms with E-state index >= 15 is 0 Å². The van der Waals surface area contributed by atoms with Crippen LogP contribution in [-0.4, -0.2) is 19.8 Å². The largest absolute Gasteiger partial charge is 0.493 e. The summed E-state index contributed by atoms with van der Waals surface area (Å²) in [5.41, 5.74) is 1.94. The number of carbonyl (C=O) groups excluding carboxylic acids is 1. The van der Waals surface area contributed by atoms with Crippen LogP contribution in [0.3, 0.4) is 0 Å². The van der Waals surface area contributed by atoms with Crippen LogP contribution in [0.2, 0.25) is 0 Å². The molecule has 3 aromatic carbocycles. The Hall–Kier alpha value is -4.44. The number of anilines is 1. The molecule has 7 heteroatoms. The first-order chi connectivity index (χ1) is 15.7. The maximum absolute atomic E-state index is 12.7. The fraction of sp³-hybridized carbons (Fsp3) is 0.120. The minimum Gasteiger partial charge on any atom is -0.493 e. The van der Waals surface area contributed by atoms with E-state index in [4.69, 9.17) is 18.9 Å². The number of nitriles is 1. The molecule has 7 nitrogen and oxygen atoms in total. The molecule has 0 saturated carbocycles. The van der Waals surface area contributed by atoms with Crippen LogP contribution in [0.25, 0.3) is 6.08 Å². The Morgan fingerprint density at radius 2 is 1.91 bits per heavy atom. The normalized spacial score (nSPS) is 12.1.